The van der Waals surface area contributed by atoms with Crippen molar-refractivity contribution in [1.29, 1.82) is 0 Å². The predicted molar refractivity (Wildman–Crippen MR) is 116 cm³/mol. The molecule has 3 heterocycles. The van der Waals surface area contributed by atoms with Crippen LogP contribution in [0.25, 0.3) is 0 Å². The number of carbonyl (C=O) groups excluding carboxylic acids is 2. The lowest BCUT2D eigenvalue weighted by atomic mass is 9.76. The minimum absolute atomic E-state index is 0.0216. The predicted octanol–water partition coefficient (Wildman–Crippen LogP) is 4.05. The highest BCUT2D eigenvalue weighted by molar-refractivity contribution is 5.95. The highest BCUT2D eigenvalue weighted by atomic mass is 16.5. The van der Waals surface area contributed by atoms with E-state index in [1.165, 1.54) is 12.8 Å². The average Bonchev–Trinajstić information content (AvgIpc) is 3.51. The standard InChI is InChI=1S/C25H30N2O4/c1-17-20(8-13-30-17)24(29)27-11-9-25(10-12-27)15-19(14-23(28)26-16-18-6-7-18)21-4-2-3-5-22(21)31-25/h2-5,8,13,18-19H,6-7,9-12,14-16H2,1H3,(H,26,28). The van der Waals surface area contributed by atoms with E-state index in [9.17, 15) is 9.59 Å². The van der Waals surface area contributed by atoms with Gasteiger partial charge in [0, 0.05) is 44.8 Å². The zero-order valence-electron chi connectivity index (χ0n) is 18.1. The van der Waals surface area contributed by atoms with Gasteiger partial charge in [-0.25, -0.2) is 0 Å². The van der Waals surface area contributed by atoms with Crippen LogP contribution in [0.1, 0.15) is 66.1 Å². The average molecular weight is 423 g/mol. The maximum absolute atomic E-state index is 12.9. The van der Waals surface area contributed by atoms with Gasteiger partial charge in [0.1, 0.15) is 17.1 Å². The van der Waals surface area contributed by atoms with Gasteiger partial charge in [0.05, 0.1) is 11.8 Å². The number of fused-ring (bicyclic) bond motifs is 1. The molecular formula is C25H30N2O4. The van der Waals surface area contributed by atoms with Crippen molar-refractivity contribution in [3.05, 3.63) is 53.5 Å². The summed E-state index contributed by atoms with van der Waals surface area (Å²) in [4.78, 5) is 27.4. The number of hydrogen-bond donors (Lipinski definition) is 1. The van der Waals surface area contributed by atoms with Gasteiger partial charge in [-0.2, -0.15) is 0 Å². The Morgan fingerprint density at radius 3 is 2.65 bits per heavy atom. The second-order valence-electron chi connectivity index (χ2n) is 9.36. The summed E-state index contributed by atoms with van der Waals surface area (Å²) in [6, 6.07) is 9.84. The third kappa shape index (κ3) is 4.21. The van der Waals surface area contributed by atoms with E-state index in [-0.39, 0.29) is 23.3 Å². The quantitative estimate of drug-likeness (QED) is 0.789. The van der Waals surface area contributed by atoms with E-state index < -0.39 is 0 Å². The maximum Gasteiger partial charge on any atom is 0.257 e. The maximum atomic E-state index is 12.9. The molecule has 1 aromatic heterocycles. The Hall–Kier alpha value is -2.76. The van der Waals surface area contributed by atoms with Crippen molar-refractivity contribution in [2.75, 3.05) is 19.6 Å². The zero-order chi connectivity index (χ0) is 21.4. The molecule has 31 heavy (non-hydrogen) atoms. The van der Waals surface area contributed by atoms with Crippen LogP contribution in [-0.4, -0.2) is 41.9 Å². The fourth-order valence-electron chi connectivity index (χ4n) is 5.00. The van der Waals surface area contributed by atoms with Crippen LogP contribution >= 0.6 is 0 Å². The molecule has 1 saturated heterocycles. The first-order chi connectivity index (χ1) is 15.0. The van der Waals surface area contributed by atoms with Crippen molar-refractivity contribution in [1.82, 2.24) is 10.2 Å². The molecule has 6 nitrogen and oxygen atoms in total. The van der Waals surface area contributed by atoms with E-state index >= 15 is 0 Å². The Morgan fingerprint density at radius 1 is 1.16 bits per heavy atom. The van der Waals surface area contributed by atoms with E-state index in [0.29, 0.717) is 36.8 Å². The lowest BCUT2D eigenvalue weighted by Gasteiger charge is -2.47. The van der Waals surface area contributed by atoms with E-state index in [4.69, 9.17) is 9.15 Å². The van der Waals surface area contributed by atoms with Gasteiger partial charge in [-0.15, -0.1) is 0 Å². The first-order valence-electron chi connectivity index (χ1n) is 11.4. The number of amides is 2. The van der Waals surface area contributed by atoms with Gasteiger partial charge in [-0.3, -0.25) is 9.59 Å². The highest BCUT2D eigenvalue weighted by Gasteiger charge is 2.44. The molecule has 1 aromatic carbocycles. The number of likely N-dealkylation sites (tertiary alicyclic amines) is 1. The fraction of sp³-hybridized carbons (Fsp3) is 0.520. The smallest absolute Gasteiger partial charge is 0.257 e. The number of benzene rings is 1. The van der Waals surface area contributed by atoms with Gasteiger partial charge in [0.15, 0.2) is 0 Å². The van der Waals surface area contributed by atoms with E-state index in [2.05, 4.69) is 11.4 Å². The lowest BCUT2D eigenvalue weighted by Crippen LogP contribution is -2.52. The van der Waals surface area contributed by atoms with Crippen molar-refractivity contribution >= 4 is 11.8 Å². The molecule has 1 saturated carbocycles. The van der Waals surface area contributed by atoms with E-state index in [1.807, 2.05) is 30.0 Å². The molecule has 1 aliphatic carbocycles. The van der Waals surface area contributed by atoms with Gasteiger partial charge < -0.3 is 19.4 Å². The third-order valence-electron chi connectivity index (χ3n) is 7.07. The number of hydrogen-bond acceptors (Lipinski definition) is 4. The molecule has 1 spiro atoms. The van der Waals surface area contributed by atoms with Crippen molar-refractivity contribution < 1.29 is 18.7 Å². The minimum atomic E-state index is -0.321. The molecule has 0 bridgehead atoms. The summed E-state index contributed by atoms with van der Waals surface area (Å²) in [5.74, 6) is 2.52. The van der Waals surface area contributed by atoms with Gasteiger partial charge in [0.25, 0.3) is 5.91 Å². The van der Waals surface area contributed by atoms with E-state index in [0.717, 1.165) is 37.1 Å². The SMILES string of the molecule is Cc1occc1C(=O)N1CCC2(CC1)CC(CC(=O)NCC1CC1)c1ccccc1O2. The van der Waals surface area contributed by atoms with Crippen LogP contribution in [0.3, 0.4) is 0 Å². The highest BCUT2D eigenvalue weighted by Crippen LogP contribution is 2.46. The number of ether oxygens (including phenoxy) is 1. The molecule has 2 fully saturated rings. The molecule has 164 valence electrons. The van der Waals surface area contributed by atoms with Crippen LogP contribution in [0.15, 0.2) is 41.0 Å². The monoisotopic (exact) mass is 422 g/mol. The van der Waals surface area contributed by atoms with Crippen LogP contribution < -0.4 is 10.1 Å². The molecule has 2 aliphatic heterocycles. The molecule has 2 amide bonds. The second kappa shape index (κ2) is 8.06. The largest absolute Gasteiger partial charge is 0.487 e. The Bertz CT molecular complexity index is 969. The summed E-state index contributed by atoms with van der Waals surface area (Å²) < 4.78 is 11.8. The molecule has 6 heteroatoms. The summed E-state index contributed by atoms with van der Waals surface area (Å²) in [6.45, 7) is 3.91. The van der Waals surface area contributed by atoms with Gasteiger partial charge in [-0.05, 0) is 49.8 Å². The summed E-state index contributed by atoms with van der Waals surface area (Å²) in [6.07, 6.45) is 6.87. The molecular weight excluding hydrogens is 392 g/mol. The number of piperidine rings is 1. The van der Waals surface area contributed by atoms with Gasteiger partial charge in [-0.1, -0.05) is 18.2 Å². The Labute approximate surface area is 182 Å². The zero-order valence-corrected chi connectivity index (χ0v) is 18.1. The lowest BCUT2D eigenvalue weighted by molar-refractivity contribution is -0.122. The number of aryl methyl sites for hydroxylation is 1. The normalized spacial score (nSPS) is 22.0. The first-order valence-corrected chi connectivity index (χ1v) is 11.4. The number of carbonyl (C=O) groups is 2. The molecule has 0 radical (unpaired) electrons. The molecule has 3 aliphatic rings. The first kappa shape index (κ1) is 20.2. The molecule has 2 aromatic rings. The number of rotatable bonds is 5. The van der Waals surface area contributed by atoms with E-state index in [1.54, 1.807) is 12.3 Å². The van der Waals surface area contributed by atoms with Crippen molar-refractivity contribution in [3.8, 4) is 5.75 Å². The topological polar surface area (TPSA) is 71.8 Å². The van der Waals surface area contributed by atoms with Crippen molar-refractivity contribution in [2.45, 2.75) is 57.0 Å². The summed E-state index contributed by atoms with van der Waals surface area (Å²) >= 11 is 0. The van der Waals surface area contributed by atoms with Crippen LogP contribution in [-0.2, 0) is 4.79 Å². The minimum Gasteiger partial charge on any atom is -0.487 e. The Balaban J connectivity index is 1.28. The van der Waals surface area contributed by atoms with Crippen LogP contribution in [0.5, 0.6) is 5.75 Å². The summed E-state index contributed by atoms with van der Waals surface area (Å²) in [5, 5.41) is 3.12. The number of nitrogens with zero attached hydrogens (tertiary/aromatic N) is 1. The molecule has 5 rings (SSSR count). The van der Waals surface area contributed by atoms with Crippen LogP contribution in [0, 0.1) is 12.8 Å². The van der Waals surface area contributed by atoms with Crippen molar-refractivity contribution in [2.24, 2.45) is 5.92 Å². The molecule has 1 unspecified atom stereocenters. The molecule has 1 atom stereocenters. The Kier molecular flexibility index (Phi) is 5.24. The fourth-order valence-corrected chi connectivity index (χ4v) is 5.00. The molecule has 1 N–H and O–H groups in total. The number of para-hydroxylation sites is 1. The summed E-state index contributed by atoms with van der Waals surface area (Å²) in [7, 11) is 0. The third-order valence-corrected chi connectivity index (χ3v) is 7.07. The Morgan fingerprint density at radius 2 is 1.94 bits per heavy atom. The van der Waals surface area contributed by atoms with Crippen LogP contribution in [0.4, 0.5) is 0 Å². The number of furan rings is 1. The van der Waals surface area contributed by atoms with Crippen molar-refractivity contribution in [3.63, 3.8) is 0 Å². The summed E-state index contributed by atoms with van der Waals surface area (Å²) in [5.41, 5.74) is 1.44. The van der Waals surface area contributed by atoms with Gasteiger partial charge >= 0.3 is 0 Å². The number of nitrogens with one attached hydrogen (secondary N) is 1. The second-order valence-corrected chi connectivity index (χ2v) is 9.36. The van der Waals surface area contributed by atoms with Crippen LogP contribution in [0.2, 0.25) is 0 Å². The van der Waals surface area contributed by atoms with Gasteiger partial charge in [0.2, 0.25) is 5.91 Å².